The van der Waals surface area contributed by atoms with Crippen molar-refractivity contribution in [2.45, 2.75) is 20.1 Å². The highest BCUT2D eigenvalue weighted by Crippen LogP contribution is 2.16. The van der Waals surface area contributed by atoms with Crippen LogP contribution in [0.15, 0.2) is 48.5 Å². The van der Waals surface area contributed by atoms with Gasteiger partial charge in [-0.3, -0.25) is 0 Å². The molecule has 2 N–H and O–H groups in total. The number of anilines is 1. The Balaban J connectivity index is 1.89. The van der Waals surface area contributed by atoms with Crippen molar-refractivity contribution in [2.75, 3.05) is 19.0 Å². The van der Waals surface area contributed by atoms with E-state index in [4.69, 9.17) is 9.47 Å². The number of nitrogens with one attached hydrogen (secondary N) is 2. The summed E-state index contributed by atoms with van der Waals surface area (Å²) < 4.78 is 10.5. The van der Waals surface area contributed by atoms with E-state index in [0.29, 0.717) is 19.8 Å². The highest BCUT2D eigenvalue weighted by atomic mass is 16.5. The zero-order valence-corrected chi connectivity index (χ0v) is 13.5. The van der Waals surface area contributed by atoms with Crippen molar-refractivity contribution in [1.82, 2.24) is 5.32 Å². The molecule has 0 radical (unpaired) electrons. The number of amides is 2. The maximum atomic E-state index is 12.0. The molecule has 0 bridgehead atoms. The van der Waals surface area contributed by atoms with Crippen LogP contribution in [0.25, 0.3) is 0 Å². The van der Waals surface area contributed by atoms with Crippen molar-refractivity contribution in [3.05, 3.63) is 59.7 Å². The first-order valence-corrected chi connectivity index (χ1v) is 7.56. The van der Waals surface area contributed by atoms with Gasteiger partial charge in [0.2, 0.25) is 0 Å². The van der Waals surface area contributed by atoms with Crippen LogP contribution in [-0.4, -0.2) is 19.7 Å². The number of carbonyl (C=O) groups is 1. The predicted octanol–water partition coefficient (Wildman–Crippen LogP) is 3.55. The highest BCUT2D eigenvalue weighted by molar-refractivity contribution is 5.90. The van der Waals surface area contributed by atoms with Gasteiger partial charge in [0.05, 0.1) is 13.7 Å². The fourth-order valence-electron chi connectivity index (χ4n) is 2.07. The van der Waals surface area contributed by atoms with E-state index in [-0.39, 0.29) is 6.03 Å². The average molecular weight is 314 g/mol. The van der Waals surface area contributed by atoms with Gasteiger partial charge >= 0.3 is 6.03 Å². The summed E-state index contributed by atoms with van der Waals surface area (Å²) in [5.74, 6) is 0.794. The van der Waals surface area contributed by atoms with Crippen molar-refractivity contribution >= 4 is 11.7 Å². The lowest BCUT2D eigenvalue weighted by Crippen LogP contribution is -2.28. The molecule has 0 aliphatic carbocycles. The van der Waals surface area contributed by atoms with E-state index in [0.717, 1.165) is 22.6 Å². The molecule has 2 aromatic rings. The highest BCUT2D eigenvalue weighted by Gasteiger charge is 2.06. The minimum atomic E-state index is -0.246. The number of rotatable bonds is 7. The van der Waals surface area contributed by atoms with E-state index in [1.165, 1.54) is 0 Å². The van der Waals surface area contributed by atoms with E-state index < -0.39 is 0 Å². The lowest BCUT2D eigenvalue weighted by atomic mass is 10.2. The Morgan fingerprint density at radius 1 is 1.09 bits per heavy atom. The van der Waals surface area contributed by atoms with E-state index in [2.05, 4.69) is 10.6 Å². The maximum absolute atomic E-state index is 12.0. The molecule has 23 heavy (non-hydrogen) atoms. The number of para-hydroxylation sites is 1. The predicted molar refractivity (Wildman–Crippen MR) is 90.6 cm³/mol. The zero-order valence-electron chi connectivity index (χ0n) is 13.5. The first-order chi connectivity index (χ1) is 11.2. The Morgan fingerprint density at radius 2 is 1.83 bits per heavy atom. The number of ether oxygens (including phenoxy) is 2. The summed E-state index contributed by atoms with van der Waals surface area (Å²) in [4.78, 5) is 12.0. The topological polar surface area (TPSA) is 59.6 Å². The Morgan fingerprint density at radius 3 is 2.52 bits per heavy atom. The Bertz CT molecular complexity index is 626. The summed E-state index contributed by atoms with van der Waals surface area (Å²) in [6, 6.07) is 14.9. The van der Waals surface area contributed by atoms with Crippen molar-refractivity contribution in [1.29, 1.82) is 0 Å². The second kappa shape index (κ2) is 8.80. The fraction of sp³-hybridized carbons (Fsp3) is 0.278. The second-order valence-corrected chi connectivity index (χ2v) is 4.95. The number of hydrogen-bond donors (Lipinski definition) is 2. The minimum Gasteiger partial charge on any atom is -0.497 e. The molecule has 0 saturated heterocycles. The Hall–Kier alpha value is -2.53. The van der Waals surface area contributed by atoms with Crippen LogP contribution in [0.3, 0.4) is 0 Å². The maximum Gasteiger partial charge on any atom is 0.319 e. The summed E-state index contributed by atoms with van der Waals surface area (Å²) in [6.07, 6.45) is 0. The van der Waals surface area contributed by atoms with Gasteiger partial charge in [0.1, 0.15) is 5.75 Å². The van der Waals surface area contributed by atoms with Gasteiger partial charge in [-0.05, 0) is 30.7 Å². The van der Waals surface area contributed by atoms with Crippen LogP contribution in [0.1, 0.15) is 18.1 Å². The molecule has 5 nitrogen and oxygen atoms in total. The zero-order chi connectivity index (χ0) is 16.5. The summed E-state index contributed by atoms with van der Waals surface area (Å²) in [6.45, 7) is 3.50. The molecule has 0 aliphatic heterocycles. The van der Waals surface area contributed by atoms with Gasteiger partial charge in [-0.1, -0.05) is 30.3 Å². The smallest absolute Gasteiger partial charge is 0.319 e. The molecule has 5 heteroatoms. The molecule has 0 fully saturated rings. The van der Waals surface area contributed by atoms with Gasteiger partial charge in [-0.2, -0.15) is 0 Å². The molecule has 0 spiro atoms. The Labute approximate surface area is 136 Å². The largest absolute Gasteiger partial charge is 0.497 e. The Kier molecular flexibility index (Phi) is 6.44. The van der Waals surface area contributed by atoms with Crippen molar-refractivity contribution in [3.8, 4) is 5.75 Å². The molecule has 0 unspecified atom stereocenters. The standard InChI is InChI=1S/C18H22N2O3/c1-3-23-13-15-6-4-5-7-17(15)20-18(21)19-12-14-8-10-16(22-2)11-9-14/h4-11H,3,12-13H2,1-2H3,(H2,19,20,21). The number of hydrogen-bond acceptors (Lipinski definition) is 3. The molecule has 0 heterocycles. The number of methoxy groups -OCH3 is 1. The number of carbonyl (C=O) groups excluding carboxylic acids is 1. The summed E-state index contributed by atoms with van der Waals surface area (Å²) in [5, 5.41) is 5.69. The van der Waals surface area contributed by atoms with Crippen LogP contribution in [0.5, 0.6) is 5.75 Å². The monoisotopic (exact) mass is 314 g/mol. The molecular formula is C18H22N2O3. The first-order valence-electron chi connectivity index (χ1n) is 7.56. The molecule has 0 aromatic heterocycles. The molecule has 0 aliphatic rings. The molecule has 0 saturated carbocycles. The van der Waals surface area contributed by atoms with Gasteiger partial charge in [-0.25, -0.2) is 4.79 Å². The lowest BCUT2D eigenvalue weighted by Gasteiger charge is -2.12. The third-order valence-corrected chi connectivity index (χ3v) is 3.34. The minimum absolute atomic E-state index is 0.246. The van der Waals surface area contributed by atoms with Gasteiger partial charge < -0.3 is 20.1 Å². The first kappa shape index (κ1) is 16.8. The van der Waals surface area contributed by atoms with E-state index in [1.807, 2.05) is 55.5 Å². The van der Waals surface area contributed by atoms with Crippen LogP contribution in [-0.2, 0) is 17.9 Å². The second-order valence-electron chi connectivity index (χ2n) is 4.95. The van der Waals surface area contributed by atoms with Crippen LogP contribution in [0, 0.1) is 0 Å². The third-order valence-electron chi connectivity index (χ3n) is 3.34. The lowest BCUT2D eigenvalue weighted by molar-refractivity contribution is 0.134. The van der Waals surface area contributed by atoms with E-state index >= 15 is 0 Å². The number of urea groups is 1. The average Bonchev–Trinajstić information content (AvgIpc) is 2.59. The SMILES string of the molecule is CCOCc1ccccc1NC(=O)NCc1ccc(OC)cc1. The van der Waals surface area contributed by atoms with Gasteiger partial charge in [0.25, 0.3) is 0 Å². The molecule has 2 aromatic carbocycles. The summed E-state index contributed by atoms with van der Waals surface area (Å²) in [5.41, 5.74) is 2.71. The third kappa shape index (κ3) is 5.30. The molecule has 2 rings (SSSR count). The van der Waals surface area contributed by atoms with Crippen LogP contribution >= 0.6 is 0 Å². The van der Waals surface area contributed by atoms with Crippen molar-refractivity contribution in [2.24, 2.45) is 0 Å². The fourth-order valence-corrected chi connectivity index (χ4v) is 2.07. The van der Waals surface area contributed by atoms with Crippen LogP contribution in [0.4, 0.5) is 10.5 Å². The normalized spacial score (nSPS) is 10.2. The van der Waals surface area contributed by atoms with Crippen molar-refractivity contribution < 1.29 is 14.3 Å². The quantitative estimate of drug-likeness (QED) is 0.821. The van der Waals surface area contributed by atoms with Crippen LogP contribution in [0.2, 0.25) is 0 Å². The van der Waals surface area contributed by atoms with E-state index in [1.54, 1.807) is 7.11 Å². The van der Waals surface area contributed by atoms with Crippen LogP contribution < -0.4 is 15.4 Å². The summed E-state index contributed by atoms with van der Waals surface area (Å²) in [7, 11) is 1.63. The molecular weight excluding hydrogens is 292 g/mol. The molecule has 0 atom stereocenters. The van der Waals surface area contributed by atoms with Gasteiger partial charge in [-0.15, -0.1) is 0 Å². The van der Waals surface area contributed by atoms with Gasteiger partial charge in [0, 0.05) is 24.4 Å². The van der Waals surface area contributed by atoms with Crippen molar-refractivity contribution in [3.63, 3.8) is 0 Å². The van der Waals surface area contributed by atoms with E-state index in [9.17, 15) is 4.79 Å². The molecule has 2 amide bonds. The number of benzene rings is 2. The summed E-state index contributed by atoms with van der Waals surface area (Å²) >= 11 is 0. The van der Waals surface area contributed by atoms with Gasteiger partial charge in [0.15, 0.2) is 0 Å². The molecule has 122 valence electrons.